The predicted octanol–water partition coefficient (Wildman–Crippen LogP) is 2.63. The average molecular weight is 368 g/mol. The van der Waals surface area contributed by atoms with Crippen LogP contribution < -0.4 is 4.72 Å². The summed E-state index contributed by atoms with van der Waals surface area (Å²) in [5, 5.41) is 11.0. The number of anilines is 1. The van der Waals surface area contributed by atoms with Gasteiger partial charge in [0.2, 0.25) is 0 Å². The van der Waals surface area contributed by atoms with Crippen LogP contribution in [0.25, 0.3) is 0 Å². The molecule has 10 heteroatoms. The summed E-state index contributed by atoms with van der Waals surface area (Å²) < 4.78 is 44.8. The Hall–Kier alpha value is -3.01. The smallest absolute Gasteiger partial charge is 0.340 e. The lowest BCUT2D eigenvalue weighted by Crippen LogP contribution is -2.16. The Labute approximate surface area is 142 Å². The normalized spacial score (nSPS) is 11.0. The van der Waals surface area contributed by atoms with Crippen molar-refractivity contribution in [2.45, 2.75) is 11.8 Å². The molecule has 0 aromatic heterocycles. The van der Waals surface area contributed by atoms with E-state index in [-0.39, 0.29) is 21.8 Å². The molecule has 2 rings (SSSR count). The Morgan fingerprint density at radius 2 is 1.92 bits per heavy atom. The summed E-state index contributed by atoms with van der Waals surface area (Å²) >= 11 is 0. The van der Waals surface area contributed by atoms with Gasteiger partial charge >= 0.3 is 5.97 Å². The first kappa shape index (κ1) is 18.3. The zero-order chi connectivity index (χ0) is 18.8. The maximum absolute atomic E-state index is 13.3. The third-order valence-corrected chi connectivity index (χ3v) is 4.68. The molecular formula is C15H13FN2O6S. The minimum atomic E-state index is -4.25. The van der Waals surface area contributed by atoms with Crippen LogP contribution in [0.15, 0.2) is 41.3 Å². The van der Waals surface area contributed by atoms with Crippen LogP contribution in [0.2, 0.25) is 0 Å². The molecule has 0 radical (unpaired) electrons. The van der Waals surface area contributed by atoms with Gasteiger partial charge in [0.25, 0.3) is 15.7 Å². The molecule has 0 atom stereocenters. The molecule has 0 fully saturated rings. The molecule has 0 aliphatic rings. The number of nitro benzene ring substituents is 1. The van der Waals surface area contributed by atoms with E-state index in [4.69, 9.17) is 0 Å². The molecule has 0 saturated carbocycles. The maximum Gasteiger partial charge on any atom is 0.340 e. The van der Waals surface area contributed by atoms with Crippen LogP contribution in [0, 0.1) is 22.9 Å². The van der Waals surface area contributed by atoms with Crippen LogP contribution in [0.1, 0.15) is 15.9 Å². The van der Waals surface area contributed by atoms with E-state index < -0.39 is 26.7 Å². The lowest BCUT2D eigenvalue weighted by molar-refractivity contribution is -0.385. The number of carbonyl (C=O) groups excluding carboxylic acids is 1. The number of carbonyl (C=O) groups is 1. The van der Waals surface area contributed by atoms with Gasteiger partial charge in [0, 0.05) is 11.6 Å². The maximum atomic E-state index is 13.3. The van der Waals surface area contributed by atoms with Gasteiger partial charge in [0.1, 0.15) is 5.82 Å². The first-order chi connectivity index (χ1) is 11.7. The second-order valence-electron chi connectivity index (χ2n) is 4.99. The summed E-state index contributed by atoms with van der Waals surface area (Å²) in [6.45, 7) is 1.47. The highest BCUT2D eigenvalue weighted by Gasteiger charge is 2.22. The average Bonchev–Trinajstić information content (AvgIpc) is 2.55. The molecule has 0 heterocycles. The fourth-order valence-electron chi connectivity index (χ4n) is 2.04. The van der Waals surface area contributed by atoms with E-state index in [0.717, 1.165) is 31.4 Å². The largest absolute Gasteiger partial charge is 0.465 e. The molecule has 25 heavy (non-hydrogen) atoms. The molecule has 8 nitrogen and oxygen atoms in total. The van der Waals surface area contributed by atoms with Gasteiger partial charge in [-0.1, -0.05) is 6.07 Å². The van der Waals surface area contributed by atoms with E-state index in [0.29, 0.717) is 5.56 Å². The monoisotopic (exact) mass is 368 g/mol. The highest BCUT2D eigenvalue weighted by molar-refractivity contribution is 7.92. The molecule has 0 amide bonds. The summed E-state index contributed by atoms with van der Waals surface area (Å²) in [5.41, 5.74) is -0.611. The van der Waals surface area contributed by atoms with Gasteiger partial charge in [-0.2, -0.15) is 0 Å². The Morgan fingerprint density at radius 1 is 1.24 bits per heavy atom. The molecule has 2 aromatic rings. The van der Waals surface area contributed by atoms with E-state index in [1.807, 2.05) is 0 Å². The zero-order valence-corrected chi connectivity index (χ0v) is 14.0. The fraction of sp³-hybridized carbons (Fsp3) is 0.133. The van der Waals surface area contributed by atoms with E-state index in [1.165, 1.54) is 19.1 Å². The lowest BCUT2D eigenvalue weighted by Gasteiger charge is -2.12. The highest BCUT2D eigenvalue weighted by Crippen LogP contribution is 2.26. The number of hydrogen-bond donors (Lipinski definition) is 1. The van der Waals surface area contributed by atoms with Crippen molar-refractivity contribution in [3.8, 4) is 0 Å². The number of halogens is 1. The molecular weight excluding hydrogens is 355 g/mol. The van der Waals surface area contributed by atoms with Gasteiger partial charge in [-0.05, 0) is 31.2 Å². The van der Waals surface area contributed by atoms with E-state index in [9.17, 15) is 27.7 Å². The van der Waals surface area contributed by atoms with Crippen molar-refractivity contribution < 1.29 is 27.3 Å². The number of ether oxygens (including phenoxy) is 1. The van der Waals surface area contributed by atoms with Crippen molar-refractivity contribution in [2.75, 3.05) is 11.8 Å². The number of methoxy groups -OCH3 is 1. The Kier molecular flexibility index (Phi) is 5.02. The minimum absolute atomic E-state index is 0.212. The molecule has 0 unspecified atom stereocenters. The van der Waals surface area contributed by atoms with Crippen LogP contribution in [-0.4, -0.2) is 26.4 Å². The van der Waals surface area contributed by atoms with Crippen molar-refractivity contribution in [3.63, 3.8) is 0 Å². The molecule has 0 aliphatic heterocycles. The summed E-state index contributed by atoms with van der Waals surface area (Å²) in [6.07, 6.45) is 0. The van der Waals surface area contributed by atoms with Crippen molar-refractivity contribution in [1.82, 2.24) is 0 Å². The fourth-order valence-corrected chi connectivity index (χ4v) is 3.14. The van der Waals surface area contributed by atoms with E-state index in [1.54, 1.807) is 0 Å². The first-order valence-electron chi connectivity index (χ1n) is 6.81. The third kappa shape index (κ3) is 3.91. The third-order valence-electron chi connectivity index (χ3n) is 3.32. The molecule has 0 saturated heterocycles. The van der Waals surface area contributed by atoms with Crippen molar-refractivity contribution in [1.29, 1.82) is 0 Å². The van der Waals surface area contributed by atoms with Gasteiger partial charge in [0.05, 0.1) is 28.2 Å². The topological polar surface area (TPSA) is 116 Å². The Balaban J connectivity index is 2.48. The number of esters is 1. The van der Waals surface area contributed by atoms with Crippen molar-refractivity contribution >= 4 is 27.4 Å². The van der Waals surface area contributed by atoms with Crippen LogP contribution in [0.4, 0.5) is 15.8 Å². The van der Waals surface area contributed by atoms with Crippen molar-refractivity contribution in [2.24, 2.45) is 0 Å². The van der Waals surface area contributed by atoms with Gasteiger partial charge in [-0.25, -0.2) is 17.6 Å². The SMILES string of the molecule is COC(=O)c1cc(F)ccc1NS(=O)(=O)c1ccc(C)c([N+](=O)[O-])c1. The standard InChI is InChI=1S/C15H13FN2O6S/c1-9-3-5-11(8-14(9)18(20)21)25(22,23)17-13-6-4-10(16)7-12(13)15(19)24-2/h3-8,17H,1-2H3. The van der Waals surface area contributed by atoms with Crippen LogP contribution in [-0.2, 0) is 14.8 Å². The second kappa shape index (κ2) is 6.85. The number of nitro groups is 1. The number of benzene rings is 2. The second-order valence-corrected chi connectivity index (χ2v) is 6.67. The van der Waals surface area contributed by atoms with Gasteiger partial charge in [-0.15, -0.1) is 0 Å². The summed E-state index contributed by atoms with van der Waals surface area (Å²) in [7, 11) is -3.18. The molecule has 1 N–H and O–H groups in total. The van der Waals surface area contributed by atoms with Crippen molar-refractivity contribution in [3.05, 3.63) is 63.5 Å². The molecule has 0 spiro atoms. The van der Waals surface area contributed by atoms with Gasteiger partial charge in [-0.3, -0.25) is 14.8 Å². The van der Waals surface area contributed by atoms with Crippen LogP contribution >= 0.6 is 0 Å². The zero-order valence-electron chi connectivity index (χ0n) is 13.1. The summed E-state index contributed by atoms with van der Waals surface area (Å²) in [4.78, 5) is 21.6. The number of sulfonamides is 1. The Morgan fingerprint density at radius 3 is 2.52 bits per heavy atom. The molecule has 132 valence electrons. The number of hydrogen-bond acceptors (Lipinski definition) is 6. The number of nitrogens with zero attached hydrogens (tertiary/aromatic N) is 1. The predicted molar refractivity (Wildman–Crippen MR) is 86.4 cm³/mol. The highest BCUT2D eigenvalue weighted by atomic mass is 32.2. The summed E-state index contributed by atoms with van der Waals surface area (Å²) in [6, 6.07) is 6.22. The number of nitrogens with one attached hydrogen (secondary N) is 1. The number of aryl methyl sites for hydroxylation is 1. The molecule has 2 aromatic carbocycles. The van der Waals surface area contributed by atoms with Crippen LogP contribution in [0.3, 0.4) is 0 Å². The lowest BCUT2D eigenvalue weighted by atomic mass is 10.2. The summed E-state index contributed by atoms with van der Waals surface area (Å²) in [5.74, 6) is -1.69. The van der Waals surface area contributed by atoms with E-state index >= 15 is 0 Å². The quantitative estimate of drug-likeness (QED) is 0.493. The molecule has 0 aliphatic carbocycles. The first-order valence-corrected chi connectivity index (χ1v) is 8.30. The van der Waals surface area contributed by atoms with Crippen LogP contribution in [0.5, 0.6) is 0 Å². The number of rotatable bonds is 5. The minimum Gasteiger partial charge on any atom is -0.465 e. The van der Waals surface area contributed by atoms with Gasteiger partial charge in [0.15, 0.2) is 0 Å². The van der Waals surface area contributed by atoms with E-state index in [2.05, 4.69) is 9.46 Å². The van der Waals surface area contributed by atoms with Gasteiger partial charge < -0.3 is 4.74 Å². The molecule has 0 bridgehead atoms. The Bertz CT molecular complexity index is 958.